The van der Waals surface area contributed by atoms with Crippen molar-refractivity contribution in [1.29, 1.82) is 0 Å². The van der Waals surface area contributed by atoms with Crippen LogP contribution in [0.5, 0.6) is 11.5 Å². The summed E-state index contributed by atoms with van der Waals surface area (Å²) in [5.74, 6) is 2.61. The molecule has 3 amide bonds. The van der Waals surface area contributed by atoms with Gasteiger partial charge in [0.15, 0.2) is 11.5 Å². The van der Waals surface area contributed by atoms with Gasteiger partial charge >= 0.3 is 6.03 Å². The lowest BCUT2D eigenvalue weighted by Crippen LogP contribution is -2.48. The quantitative estimate of drug-likeness (QED) is 0.373. The second-order valence-electron chi connectivity index (χ2n) is 10.3. The first-order chi connectivity index (χ1) is 20.0. The zero-order chi connectivity index (χ0) is 28.6. The van der Waals surface area contributed by atoms with Gasteiger partial charge in [-0.3, -0.25) is 9.69 Å². The van der Waals surface area contributed by atoms with Crippen molar-refractivity contribution >= 4 is 17.6 Å². The number of anilines is 1. The van der Waals surface area contributed by atoms with Gasteiger partial charge < -0.3 is 33.7 Å². The Bertz CT molecular complexity index is 1320. The number of furan rings is 1. The molecule has 2 aromatic carbocycles. The summed E-state index contributed by atoms with van der Waals surface area (Å²) in [6.07, 6.45) is 0.919. The first-order valence-corrected chi connectivity index (χ1v) is 14.1. The van der Waals surface area contributed by atoms with Crippen LogP contribution in [0.15, 0.2) is 59.0 Å². The Morgan fingerprint density at radius 2 is 1.66 bits per heavy atom. The normalized spacial score (nSPS) is 14.6. The van der Waals surface area contributed by atoms with Gasteiger partial charge in [0.25, 0.3) is 0 Å². The molecular weight excluding hydrogens is 524 g/mol. The molecule has 0 spiro atoms. The number of hydrogen-bond donors (Lipinski definition) is 1. The summed E-state index contributed by atoms with van der Waals surface area (Å²) in [6, 6.07) is 16.9. The molecule has 0 radical (unpaired) electrons. The average Bonchev–Trinajstić information content (AvgIpc) is 3.63. The molecule has 1 saturated heterocycles. The Morgan fingerprint density at radius 3 is 2.39 bits per heavy atom. The predicted octanol–water partition coefficient (Wildman–Crippen LogP) is 4.27. The third-order valence-corrected chi connectivity index (χ3v) is 7.32. The minimum absolute atomic E-state index is 0.0759. The molecule has 3 aromatic rings. The van der Waals surface area contributed by atoms with E-state index in [9.17, 15) is 9.59 Å². The van der Waals surface area contributed by atoms with E-state index in [-0.39, 0.29) is 31.8 Å². The van der Waals surface area contributed by atoms with Crippen LogP contribution in [0.1, 0.15) is 29.6 Å². The second kappa shape index (κ2) is 13.6. The molecule has 1 fully saturated rings. The van der Waals surface area contributed by atoms with Crippen LogP contribution in [-0.2, 0) is 29.0 Å². The highest BCUT2D eigenvalue weighted by Crippen LogP contribution is 2.33. The fourth-order valence-corrected chi connectivity index (χ4v) is 4.88. The van der Waals surface area contributed by atoms with Gasteiger partial charge in [0.1, 0.15) is 18.1 Å². The van der Waals surface area contributed by atoms with Crippen molar-refractivity contribution in [3.63, 3.8) is 0 Å². The molecule has 41 heavy (non-hydrogen) atoms. The number of nitrogens with zero attached hydrogens (tertiary/aromatic N) is 3. The minimum Gasteiger partial charge on any atom is -0.464 e. The van der Waals surface area contributed by atoms with E-state index in [2.05, 4.69) is 17.1 Å². The number of urea groups is 1. The second-order valence-corrected chi connectivity index (χ2v) is 10.3. The van der Waals surface area contributed by atoms with Crippen LogP contribution in [0.2, 0.25) is 0 Å². The standard InChI is InChI=1S/C31H38N4O6/c1-3-24-5-8-26(9-6-24)32-31(37)34(13-12-33-14-16-38-17-15-33)21-30(36)35(20-27-10-4-23(2)41-27)19-25-7-11-28-29(18-25)40-22-39-28/h4-11,18H,3,12-17,19-22H2,1-2H3,(H,32,37). The molecule has 218 valence electrons. The summed E-state index contributed by atoms with van der Waals surface area (Å²) in [6.45, 7) is 8.67. The van der Waals surface area contributed by atoms with E-state index in [1.807, 2.05) is 61.5 Å². The van der Waals surface area contributed by atoms with Crippen LogP contribution in [0.4, 0.5) is 10.5 Å². The molecule has 0 aliphatic carbocycles. The van der Waals surface area contributed by atoms with Crippen molar-refractivity contribution in [2.75, 3.05) is 58.0 Å². The number of fused-ring (bicyclic) bond motifs is 1. The van der Waals surface area contributed by atoms with Gasteiger partial charge in [0.05, 0.1) is 19.8 Å². The Kier molecular flexibility index (Phi) is 9.43. The van der Waals surface area contributed by atoms with Crippen molar-refractivity contribution in [3.05, 3.63) is 77.2 Å². The van der Waals surface area contributed by atoms with E-state index >= 15 is 0 Å². The van der Waals surface area contributed by atoms with Gasteiger partial charge in [-0.05, 0) is 60.9 Å². The number of ether oxygens (including phenoxy) is 3. The van der Waals surface area contributed by atoms with Crippen molar-refractivity contribution in [1.82, 2.24) is 14.7 Å². The van der Waals surface area contributed by atoms with Gasteiger partial charge in [-0.25, -0.2) is 4.79 Å². The third-order valence-electron chi connectivity index (χ3n) is 7.32. The van der Waals surface area contributed by atoms with E-state index in [1.54, 1.807) is 9.80 Å². The molecule has 2 aliphatic heterocycles. The molecule has 0 unspecified atom stereocenters. The number of carbonyl (C=O) groups excluding carboxylic acids is 2. The molecule has 10 nitrogen and oxygen atoms in total. The van der Waals surface area contributed by atoms with Crippen LogP contribution in [0.3, 0.4) is 0 Å². The molecule has 10 heteroatoms. The zero-order valence-electron chi connectivity index (χ0n) is 23.8. The molecule has 1 N–H and O–H groups in total. The Hall–Kier alpha value is -4.02. The van der Waals surface area contributed by atoms with Gasteiger partial charge in [0.2, 0.25) is 12.7 Å². The number of carbonyl (C=O) groups is 2. The molecule has 1 aromatic heterocycles. The fourth-order valence-electron chi connectivity index (χ4n) is 4.88. The number of hydrogen-bond acceptors (Lipinski definition) is 7. The number of benzene rings is 2. The summed E-state index contributed by atoms with van der Waals surface area (Å²) in [5.41, 5.74) is 2.78. The topological polar surface area (TPSA) is 96.7 Å². The van der Waals surface area contributed by atoms with Crippen molar-refractivity contribution in [2.45, 2.75) is 33.4 Å². The predicted molar refractivity (Wildman–Crippen MR) is 154 cm³/mol. The van der Waals surface area contributed by atoms with E-state index in [4.69, 9.17) is 18.6 Å². The maximum atomic E-state index is 13.9. The van der Waals surface area contributed by atoms with Crippen molar-refractivity contribution in [2.24, 2.45) is 0 Å². The molecule has 0 saturated carbocycles. The lowest BCUT2D eigenvalue weighted by atomic mass is 10.1. The number of morpholine rings is 1. The largest absolute Gasteiger partial charge is 0.464 e. The van der Waals surface area contributed by atoms with Gasteiger partial charge in [0, 0.05) is 38.4 Å². The minimum atomic E-state index is -0.312. The van der Waals surface area contributed by atoms with E-state index in [1.165, 1.54) is 5.56 Å². The summed E-state index contributed by atoms with van der Waals surface area (Å²) in [7, 11) is 0. The van der Waals surface area contributed by atoms with E-state index in [0.29, 0.717) is 55.8 Å². The first-order valence-electron chi connectivity index (χ1n) is 14.1. The molecule has 0 bridgehead atoms. The van der Waals surface area contributed by atoms with Gasteiger partial charge in [-0.2, -0.15) is 0 Å². The molecule has 5 rings (SSSR count). The lowest BCUT2D eigenvalue weighted by molar-refractivity contribution is -0.133. The average molecular weight is 563 g/mol. The maximum absolute atomic E-state index is 13.9. The molecule has 0 atom stereocenters. The smallest absolute Gasteiger partial charge is 0.322 e. The Labute approximate surface area is 240 Å². The molecule has 2 aliphatic rings. The third kappa shape index (κ3) is 7.80. The van der Waals surface area contributed by atoms with Crippen LogP contribution in [0.25, 0.3) is 0 Å². The van der Waals surface area contributed by atoms with Gasteiger partial charge in [-0.1, -0.05) is 25.1 Å². The Balaban J connectivity index is 1.32. The zero-order valence-corrected chi connectivity index (χ0v) is 23.8. The maximum Gasteiger partial charge on any atom is 0.322 e. The first kappa shape index (κ1) is 28.5. The number of nitrogens with one attached hydrogen (secondary N) is 1. The van der Waals surface area contributed by atoms with Crippen molar-refractivity contribution < 1.29 is 28.2 Å². The summed E-state index contributed by atoms with van der Waals surface area (Å²) in [4.78, 5) is 32.9. The fraction of sp³-hybridized carbons (Fsp3) is 0.419. The number of rotatable bonds is 11. The van der Waals surface area contributed by atoms with Gasteiger partial charge in [-0.15, -0.1) is 0 Å². The molecular formula is C31H38N4O6. The van der Waals surface area contributed by atoms with Crippen LogP contribution >= 0.6 is 0 Å². The highest BCUT2D eigenvalue weighted by molar-refractivity contribution is 5.92. The summed E-state index contributed by atoms with van der Waals surface area (Å²) >= 11 is 0. The highest BCUT2D eigenvalue weighted by atomic mass is 16.7. The van der Waals surface area contributed by atoms with E-state index in [0.717, 1.165) is 30.8 Å². The van der Waals surface area contributed by atoms with Crippen LogP contribution in [0, 0.1) is 6.92 Å². The highest BCUT2D eigenvalue weighted by Gasteiger charge is 2.25. The number of amides is 3. The SMILES string of the molecule is CCc1ccc(NC(=O)N(CCN2CCOCC2)CC(=O)N(Cc2ccc3c(c2)OCO3)Cc2ccc(C)o2)cc1. The monoisotopic (exact) mass is 562 g/mol. The molecule has 3 heterocycles. The number of aryl methyl sites for hydroxylation is 2. The summed E-state index contributed by atoms with van der Waals surface area (Å²) < 4.78 is 22.3. The van der Waals surface area contributed by atoms with Crippen molar-refractivity contribution in [3.8, 4) is 11.5 Å². The van der Waals surface area contributed by atoms with E-state index < -0.39 is 0 Å². The summed E-state index contributed by atoms with van der Waals surface area (Å²) in [5, 5.41) is 2.98. The van der Waals surface area contributed by atoms with Crippen LogP contribution in [-0.4, -0.2) is 79.4 Å². The lowest BCUT2D eigenvalue weighted by Gasteiger charge is -2.31. The van der Waals surface area contributed by atoms with Crippen LogP contribution < -0.4 is 14.8 Å². The Morgan fingerprint density at radius 1 is 0.902 bits per heavy atom.